The van der Waals surface area contributed by atoms with Crippen molar-refractivity contribution in [3.63, 3.8) is 0 Å². The normalized spacial score (nSPS) is 24.6. The summed E-state index contributed by atoms with van der Waals surface area (Å²) >= 11 is 0. The van der Waals surface area contributed by atoms with Gasteiger partial charge in [-0.3, -0.25) is 4.79 Å². The Kier molecular flexibility index (Phi) is 9.19. The molecule has 1 aliphatic carbocycles. The number of hydrogen-bond donors (Lipinski definition) is 4. The lowest BCUT2D eigenvalue weighted by Crippen LogP contribution is -2.36. The highest BCUT2D eigenvalue weighted by atomic mass is 16.4. The SMILES string of the molecule is O=C(O)NC[C@H]1CC[C@H](CNC(=O)c2cc(N3CCC(CCN4CCC(O)C4)CC3)nc3ccccc23)CC1. The van der Waals surface area contributed by atoms with E-state index in [2.05, 4.69) is 20.4 Å². The number of aromatic nitrogens is 1. The van der Waals surface area contributed by atoms with Crippen molar-refractivity contribution >= 4 is 28.7 Å². The molecule has 0 bridgehead atoms. The van der Waals surface area contributed by atoms with Crippen LogP contribution >= 0.6 is 0 Å². The zero-order chi connectivity index (χ0) is 27.2. The van der Waals surface area contributed by atoms with Crippen LogP contribution in [0.5, 0.6) is 0 Å². The molecule has 1 aromatic heterocycles. The number of carbonyl (C=O) groups is 2. The number of nitrogens with one attached hydrogen (secondary N) is 2. The zero-order valence-corrected chi connectivity index (χ0v) is 22.9. The third kappa shape index (κ3) is 7.39. The molecule has 0 spiro atoms. The molecule has 2 aromatic rings. The monoisotopic (exact) mass is 537 g/mol. The molecule has 9 nitrogen and oxygen atoms in total. The van der Waals surface area contributed by atoms with Crippen molar-refractivity contribution in [1.29, 1.82) is 0 Å². The number of nitrogens with zero attached hydrogens (tertiary/aromatic N) is 3. The molecule has 1 unspecified atom stereocenters. The van der Waals surface area contributed by atoms with Crippen LogP contribution in [-0.4, -0.2) is 84.0 Å². The topological polar surface area (TPSA) is 118 Å². The number of likely N-dealkylation sites (tertiary alicyclic amines) is 1. The van der Waals surface area contributed by atoms with Gasteiger partial charge in [0.25, 0.3) is 5.91 Å². The van der Waals surface area contributed by atoms with E-state index >= 15 is 0 Å². The quantitative estimate of drug-likeness (QED) is 0.385. The van der Waals surface area contributed by atoms with E-state index in [4.69, 9.17) is 10.1 Å². The molecule has 2 saturated heterocycles. The Morgan fingerprint density at radius 1 is 0.897 bits per heavy atom. The van der Waals surface area contributed by atoms with Gasteiger partial charge >= 0.3 is 6.09 Å². The maximum absolute atomic E-state index is 13.4. The first-order valence-electron chi connectivity index (χ1n) is 14.7. The Bertz CT molecular complexity index is 1130. The number of benzene rings is 1. The number of carbonyl (C=O) groups excluding carboxylic acids is 1. The van der Waals surface area contributed by atoms with Crippen molar-refractivity contribution in [2.45, 2.75) is 57.5 Å². The molecule has 2 amide bonds. The molecule has 3 fully saturated rings. The molecular formula is C30H43N5O4. The Balaban J connectivity index is 1.16. The number of pyridine rings is 1. The van der Waals surface area contributed by atoms with Crippen LogP contribution in [0.15, 0.2) is 30.3 Å². The molecule has 1 aromatic carbocycles. The van der Waals surface area contributed by atoms with Gasteiger partial charge in [-0.2, -0.15) is 0 Å². The fraction of sp³-hybridized carbons (Fsp3) is 0.633. The maximum Gasteiger partial charge on any atom is 0.404 e. The van der Waals surface area contributed by atoms with Crippen LogP contribution < -0.4 is 15.5 Å². The Labute approximate surface area is 231 Å². The van der Waals surface area contributed by atoms with Crippen LogP contribution in [0.4, 0.5) is 10.6 Å². The molecular weight excluding hydrogens is 494 g/mol. The van der Waals surface area contributed by atoms with Gasteiger partial charge in [0.2, 0.25) is 0 Å². The maximum atomic E-state index is 13.4. The summed E-state index contributed by atoms with van der Waals surface area (Å²) in [6.45, 7) is 5.94. The lowest BCUT2D eigenvalue weighted by Gasteiger charge is -2.34. The molecule has 212 valence electrons. The van der Waals surface area contributed by atoms with Gasteiger partial charge in [0.15, 0.2) is 0 Å². The number of amides is 2. The summed E-state index contributed by atoms with van der Waals surface area (Å²) in [5.41, 5.74) is 1.53. The van der Waals surface area contributed by atoms with Gasteiger partial charge in [-0.25, -0.2) is 9.78 Å². The van der Waals surface area contributed by atoms with E-state index in [9.17, 15) is 14.7 Å². The number of β-amino-alcohol motifs (C(OH)–C–C–N with tert-alkyl or cyclic N) is 1. The summed E-state index contributed by atoms with van der Waals surface area (Å²) in [6, 6.07) is 9.86. The molecule has 9 heteroatoms. The van der Waals surface area contributed by atoms with Crippen LogP contribution in [0.2, 0.25) is 0 Å². The molecule has 5 rings (SSSR count). The summed E-state index contributed by atoms with van der Waals surface area (Å²) in [5.74, 6) is 2.33. The number of aliphatic hydroxyl groups excluding tert-OH is 1. The van der Waals surface area contributed by atoms with Crippen molar-refractivity contribution in [2.24, 2.45) is 17.8 Å². The van der Waals surface area contributed by atoms with Crippen molar-refractivity contribution in [1.82, 2.24) is 20.5 Å². The Morgan fingerprint density at radius 3 is 2.26 bits per heavy atom. The van der Waals surface area contributed by atoms with Crippen molar-refractivity contribution < 1.29 is 19.8 Å². The number of hydrogen-bond acceptors (Lipinski definition) is 6. The second-order valence-electron chi connectivity index (χ2n) is 11.8. The highest BCUT2D eigenvalue weighted by Crippen LogP contribution is 2.30. The second kappa shape index (κ2) is 13.0. The average Bonchev–Trinajstić information content (AvgIpc) is 3.38. The van der Waals surface area contributed by atoms with E-state index in [1.165, 1.54) is 6.42 Å². The first-order valence-corrected chi connectivity index (χ1v) is 14.7. The standard InChI is InChI=1S/C30H43N5O4/c36-24-12-14-34(20-24)13-9-21-10-15-35(16-11-21)28-17-26(25-3-1-2-4-27(25)33-28)29(37)31-18-22-5-7-23(8-6-22)19-32-30(38)39/h1-4,17,21-24,32,36H,5-16,18-20H2,(H,31,37)(H,38,39)/t22-,23-,24?. The van der Waals surface area contributed by atoms with Gasteiger partial charge in [0.05, 0.1) is 17.2 Å². The molecule has 0 radical (unpaired) electrons. The molecule has 4 N–H and O–H groups in total. The zero-order valence-electron chi connectivity index (χ0n) is 22.9. The molecule has 1 saturated carbocycles. The van der Waals surface area contributed by atoms with E-state index in [-0.39, 0.29) is 12.0 Å². The molecule has 2 aliphatic heterocycles. The predicted octanol–water partition coefficient (Wildman–Crippen LogP) is 3.71. The summed E-state index contributed by atoms with van der Waals surface area (Å²) in [5, 5.41) is 25.2. The van der Waals surface area contributed by atoms with Gasteiger partial charge in [-0.15, -0.1) is 0 Å². The number of aliphatic hydroxyl groups is 1. The van der Waals surface area contributed by atoms with E-state index in [1.807, 2.05) is 30.3 Å². The number of rotatable bonds is 9. The first-order chi connectivity index (χ1) is 18.9. The molecule has 3 heterocycles. The number of anilines is 1. The van der Waals surface area contributed by atoms with Gasteiger partial charge in [-0.1, -0.05) is 18.2 Å². The summed E-state index contributed by atoms with van der Waals surface area (Å²) < 4.78 is 0. The van der Waals surface area contributed by atoms with Crippen molar-refractivity contribution in [3.05, 3.63) is 35.9 Å². The fourth-order valence-electron chi connectivity index (χ4n) is 6.55. The van der Waals surface area contributed by atoms with Crippen LogP contribution in [0, 0.1) is 17.8 Å². The second-order valence-corrected chi connectivity index (χ2v) is 11.8. The predicted molar refractivity (Wildman–Crippen MR) is 152 cm³/mol. The van der Waals surface area contributed by atoms with Crippen LogP contribution in [0.1, 0.15) is 61.7 Å². The van der Waals surface area contributed by atoms with E-state index in [1.54, 1.807) is 0 Å². The van der Waals surface area contributed by atoms with E-state index in [0.717, 1.165) is 94.4 Å². The average molecular weight is 538 g/mol. The van der Waals surface area contributed by atoms with Gasteiger partial charge in [-0.05, 0) is 87.8 Å². The molecule has 39 heavy (non-hydrogen) atoms. The lowest BCUT2D eigenvalue weighted by molar-refractivity contribution is 0.0942. The minimum absolute atomic E-state index is 0.0489. The number of carboxylic acid groups (broad SMARTS) is 1. The van der Waals surface area contributed by atoms with Crippen LogP contribution in [-0.2, 0) is 0 Å². The van der Waals surface area contributed by atoms with Crippen LogP contribution in [0.3, 0.4) is 0 Å². The molecule has 3 aliphatic rings. The van der Waals surface area contributed by atoms with Crippen molar-refractivity contribution in [2.75, 3.05) is 50.7 Å². The van der Waals surface area contributed by atoms with Crippen LogP contribution in [0.25, 0.3) is 10.9 Å². The highest BCUT2D eigenvalue weighted by molar-refractivity contribution is 6.07. The number of fused-ring (bicyclic) bond motifs is 1. The summed E-state index contributed by atoms with van der Waals surface area (Å²) in [7, 11) is 0. The highest BCUT2D eigenvalue weighted by Gasteiger charge is 2.26. The minimum Gasteiger partial charge on any atom is -0.465 e. The number of para-hydroxylation sites is 1. The Hall–Kier alpha value is -2.91. The number of piperidine rings is 1. The van der Waals surface area contributed by atoms with Gasteiger partial charge < -0.3 is 30.6 Å². The van der Waals surface area contributed by atoms with E-state index in [0.29, 0.717) is 36.4 Å². The van der Waals surface area contributed by atoms with Crippen molar-refractivity contribution in [3.8, 4) is 0 Å². The smallest absolute Gasteiger partial charge is 0.404 e. The third-order valence-electron chi connectivity index (χ3n) is 9.05. The largest absolute Gasteiger partial charge is 0.465 e. The fourth-order valence-corrected chi connectivity index (χ4v) is 6.55. The van der Waals surface area contributed by atoms with Gasteiger partial charge in [0, 0.05) is 44.7 Å². The minimum atomic E-state index is -0.961. The first kappa shape index (κ1) is 27.6. The summed E-state index contributed by atoms with van der Waals surface area (Å²) in [4.78, 5) is 33.8. The molecule has 1 atom stereocenters. The third-order valence-corrected chi connectivity index (χ3v) is 9.05. The lowest BCUT2D eigenvalue weighted by atomic mass is 9.82. The van der Waals surface area contributed by atoms with E-state index < -0.39 is 6.09 Å². The summed E-state index contributed by atoms with van der Waals surface area (Å²) in [6.07, 6.45) is 7.18. The van der Waals surface area contributed by atoms with Gasteiger partial charge in [0.1, 0.15) is 5.82 Å². The Morgan fingerprint density at radius 2 is 1.59 bits per heavy atom.